The third kappa shape index (κ3) is 2.96. The number of hydrogen-bond acceptors (Lipinski definition) is 4. The molecule has 0 amide bonds. The summed E-state index contributed by atoms with van der Waals surface area (Å²) in [6, 6.07) is 8.08. The van der Waals surface area contributed by atoms with Crippen molar-refractivity contribution in [3.63, 3.8) is 0 Å². The van der Waals surface area contributed by atoms with Crippen molar-refractivity contribution in [3.05, 3.63) is 29.8 Å². The molecule has 1 aliphatic heterocycles. The number of nitrogens with zero attached hydrogens (tertiary/aromatic N) is 2. The average Bonchev–Trinajstić information content (AvgIpc) is 2.81. The van der Waals surface area contributed by atoms with Crippen molar-refractivity contribution in [2.24, 2.45) is 9.98 Å². The fourth-order valence-corrected chi connectivity index (χ4v) is 2.63. The lowest BCUT2D eigenvalue weighted by atomic mass is 10.2. The van der Waals surface area contributed by atoms with Gasteiger partial charge in [0.15, 0.2) is 0 Å². The summed E-state index contributed by atoms with van der Waals surface area (Å²) in [4.78, 5) is 9.02. The molecule has 1 heterocycles. The number of benzene rings is 1. The Balaban J connectivity index is 2.21. The molecule has 0 radical (unpaired) electrons. The third-order valence-electron chi connectivity index (χ3n) is 2.64. The van der Waals surface area contributed by atoms with Crippen molar-refractivity contribution < 1.29 is 5.11 Å². The zero-order valence-corrected chi connectivity index (χ0v) is 10.9. The van der Waals surface area contributed by atoms with E-state index in [0.717, 1.165) is 27.8 Å². The Hall–Kier alpha value is -1.13. The van der Waals surface area contributed by atoms with E-state index in [1.165, 1.54) is 0 Å². The molecule has 17 heavy (non-hydrogen) atoms. The molecule has 1 N–H and O–H groups in total. The lowest BCUT2D eigenvalue weighted by Gasteiger charge is -2.02. The first-order valence-electron chi connectivity index (χ1n) is 5.63. The summed E-state index contributed by atoms with van der Waals surface area (Å²) in [7, 11) is 0. The summed E-state index contributed by atoms with van der Waals surface area (Å²) in [6.07, 6.45) is 0. The monoisotopic (exact) mass is 248 g/mol. The van der Waals surface area contributed by atoms with Gasteiger partial charge in [0.05, 0.1) is 24.0 Å². The van der Waals surface area contributed by atoms with Gasteiger partial charge in [0.25, 0.3) is 0 Å². The van der Waals surface area contributed by atoms with Crippen LogP contribution in [0.15, 0.2) is 34.3 Å². The van der Waals surface area contributed by atoms with Gasteiger partial charge in [-0.3, -0.25) is 9.98 Å². The van der Waals surface area contributed by atoms with Crippen molar-refractivity contribution in [3.8, 4) is 0 Å². The van der Waals surface area contributed by atoms with Gasteiger partial charge in [-0.05, 0) is 25.5 Å². The molecule has 0 unspecified atom stereocenters. The van der Waals surface area contributed by atoms with Crippen molar-refractivity contribution >= 4 is 28.2 Å². The zero-order chi connectivity index (χ0) is 12.3. The van der Waals surface area contributed by atoms with Crippen molar-refractivity contribution in [1.29, 1.82) is 0 Å². The van der Waals surface area contributed by atoms with Crippen LogP contribution in [0.25, 0.3) is 0 Å². The predicted molar refractivity (Wildman–Crippen MR) is 74.7 cm³/mol. The average molecular weight is 248 g/mol. The summed E-state index contributed by atoms with van der Waals surface area (Å²) in [5, 5.41) is 9.99. The minimum absolute atomic E-state index is 0.0389. The largest absolute Gasteiger partial charge is 0.394 e. The van der Waals surface area contributed by atoms with Crippen LogP contribution in [0.3, 0.4) is 0 Å². The van der Waals surface area contributed by atoms with Crippen LogP contribution in [-0.4, -0.2) is 34.3 Å². The molecule has 0 aromatic heterocycles. The maximum absolute atomic E-state index is 9.04. The molecular weight excluding hydrogens is 232 g/mol. The van der Waals surface area contributed by atoms with Crippen LogP contribution in [0.1, 0.15) is 12.5 Å². The summed E-state index contributed by atoms with van der Waals surface area (Å²) in [6.45, 7) is 4.14. The first kappa shape index (κ1) is 12.3. The zero-order valence-electron chi connectivity index (χ0n) is 10.1. The Labute approximate surface area is 106 Å². The minimum atomic E-state index is 0.0389. The highest BCUT2D eigenvalue weighted by molar-refractivity contribution is 8.16. The number of aliphatic hydroxyl groups excluding tert-OH is 1. The minimum Gasteiger partial charge on any atom is -0.394 e. The molecule has 1 atom stereocenters. The number of aliphatic imine (C=N–C) groups is 2. The van der Waals surface area contributed by atoms with Gasteiger partial charge in [-0.25, -0.2) is 0 Å². The molecule has 0 aliphatic carbocycles. The maximum atomic E-state index is 9.04. The van der Waals surface area contributed by atoms with E-state index in [0.29, 0.717) is 0 Å². The second-order valence-corrected chi connectivity index (χ2v) is 5.07. The lowest BCUT2D eigenvalue weighted by Crippen LogP contribution is -2.08. The van der Waals surface area contributed by atoms with Gasteiger partial charge < -0.3 is 5.11 Å². The third-order valence-corrected chi connectivity index (χ3v) is 3.86. The highest BCUT2D eigenvalue weighted by Crippen LogP contribution is 2.22. The molecule has 0 saturated carbocycles. The number of aryl methyl sites for hydroxylation is 1. The molecule has 4 heteroatoms. The first-order chi connectivity index (χ1) is 8.20. The summed E-state index contributed by atoms with van der Waals surface area (Å²) >= 11 is 1.67. The van der Waals surface area contributed by atoms with Crippen LogP contribution in [0.5, 0.6) is 0 Å². The Kier molecular flexibility index (Phi) is 3.97. The predicted octanol–water partition coefficient (Wildman–Crippen LogP) is 2.59. The van der Waals surface area contributed by atoms with Gasteiger partial charge >= 0.3 is 0 Å². The van der Waals surface area contributed by atoms with Gasteiger partial charge in [-0.1, -0.05) is 18.2 Å². The number of para-hydroxylation sites is 1. The van der Waals surface area contributed by atoms with Crippen molar-refractivity contribution in [1.82, 2.24) is 0 Å². The standard InChI is InChI=1S/C13H16N2OS/c1-9-5-3-4-6-12(9)14-10(2)13-15-11(7-16)8-17-13/h3-6,11,16H,7-8H2,1-2H3/b14-10+/t11-/m0/s1. The van der Waals surface area contributed by atoms with Gasteiger partial charge in [0, 0.05) is 5.75 Å². The topological polar surface area (TPSA) is 45.0 Å². The Morgan fingerprint density at radius 2 is 2.29 bits per heavy atom. The molecule has 2 rings (SSSR count). The summed E-state index contributed by atoms with van der Waals surface area (Å²) < 4.78 is 0. The SMILES string of the molecule is C/C(=N\c1ccccc1C)C1=N[C@@H](CO)CS1. The highest BCUT2D eigenvalue weighted by atomic mass is 32.2. The normalized spacial score (nSPS) is 20.5. The van der Waals surface area contributed by atoms with Gasteiger partial charge in [0.1, 0.15) is 5.04 Å². The molecule has 0 saturated heterocycles. The molecule has 3 nitrogen and oxygen atoms in total. The number of aliphatic hydroxyl groups is 1. The quantitative estimate of drug-likeness (QED) is 0.836. The Morgan fingerprint density at radius 1 is 1.53 bits per heavy atom. The van der Waals surface area contributed by atoms with Gasteiger partial charge in [-0.2, -0.15) is 0 Å². The van der Waals surface area contributed by atoms with Crippen LogP contribution in [-0.2, 0) is 0 Å². The van der Waals surface area contributed by atoms with E-state index in [2.05, 4.69) is 9.98 Å². The van der Waals surface area contributed by atoms with Crippen LogP contribution in [0, 0.1) is 6.92 Å². The van der Waals surface area contributed by atoms with Crippen LogP contribution >= 0.6 is 11.8 Å². The van der Waals surface area contributed by atoms with Gasteiger partial charge in [0.2, 0.25) is 0 Å². The van der Waals surface area contributed by atoms with Crippen molar-refractivity contribution in [2.45, 2.75) is 19.9 Å². The smallest absolute Gasteiger partial charge is 0.112 e. The molecule has 0 fully saturated rings. The number of hydrogen-bond donors (Lipinski definition) is 1. The molecule has 90 valence electrons. The maximum Gasteiger partial charge on any atom is 0.112 e. The van der Waals surface area contributed by atoms with E-state index < -0.39 is 0 Å². The molecule has 1 aliphatic rings. The second kappa shape index (κ2) is 5.47. The summed E-state index contributed by atoms with van der Waals surface area (Å²) in [5.41, 5.74) is 3.08. The van der Waals surface area contributed by atoms with E-state index in [-0.39, 0.29) is 12.6 Å². The second-order valence-electron chi connectivity index (χ2n) is 4.07. The van der Waals surface area contributed by atoms with E-state index in [1.807, 2.05) is 38.1 Å². The van der Waals surface area contributed by atoms with Crippen LogP contribution in [0.2, 0.25) is 0 Å². The molecule has 1 aromatic rings. The van der Waals surface area contributed by atoms with Gasteiger partial charge in [-0.15, -0.1) is 11.8 Å². The van der Waals surface area contributed by atoms with Crippen LogP contribution in [0.4, 0.5) is 5.69 Å². The van der Waals surface area contributed by atoms with E-state index in [9.17, 15) is 0 Å². The first-order valence-corrected chi connectivity index (χ1v) is 6.62. The van der Waals surface area contributed by atoms with E-state index in [4.69, 9.17) is 5.11 Å². The number of thioether (sulfide) groups is 1. The van der Waals surface area contributed by atoms with E-state index >= 15 is 0 Å². The Morgan fingerprint density at radius 3 is 2.94 bits per heavy atom. The highest BCUT2D eigenvalue weighted by Gasteiger charge is 2.19. The molecule has 1 aromatic carbocycles. The molecular formula is C13H16N2OS. The van der Waals surface area contributed by atoms with Crippen LogP contribution < -0.4 is 0 Å². The lowest BCUT2D eigenvalue weighted by molar-refractivity contribution is 0.277. The molecule has 0 bridgehead atoms. The number of rotatable bonds is 3. The fourth-order valence-electron chi connectivity index (χ4n) is 1.62. The van der Waals surface area contributed by atoms with E-state index in [1.54, 1.807) is 11.8 Å². The summed E-state index contributed by atoms with van der Waals surface area (Å²) in [5.74, 6) is 0.854. The Bertz CT molecular complexity index is 468. The van der Waals surface area contributed by atoms with Crippen molar-refractivity contribution in [2.75, 3.05) is 12.4 Å². The fraction of sp³-hybridized carbons (Fsp3) is 0.385. The molecule has 0 spiro atoms.